The zero-order chi connectivity index (χ0) is 12.7. The molecule has 2 aromatic carbocycles. The number of anilines is 1. The van der Waals surface area contributed by atoms with Gasteiger partial charge in [0.2, 0.25) is 0 Å². The van der Waals surface area contributed by atoms with Crippen molar-refractivity contribution >= 4 is 57.5 Å². The molecule has 0 atom stereocenters. The third-order valence-electron chi connectivity index (χ3n) is 2.60. The van der Waals surface area contributed by atoms with Crippen LogP contribution in [-0.4, -0.2) is 19.5 Å². The van der Waals surface area contributed by atoms with Gasteiger partial charge in [0.15, 0.2) is 0 Å². The van der Waals surface area contributed by atoms with Gasteiger partial charge in [-0.1, -0.05) is 0 Å². The van der Waals surface area contributed by atoms with Crippen LogP contribution in [0.3, 0.4) is 0 Å². The molecular weight excluding hydrogens is 378 g/mol. The molecule has 0 fully saturated rings. The molecule has 90 valence electrons. The van der Waals surface area contributed by atoms with Crippen LogP contribution in [0, 0.1) is 0 Å². The Hall–Kier alpha value is -0.801. The molecule has 18 heavy (non-hydrogen) atoms. The van der Waals surface area contributed by atoms with Crippen LogP contribution in [-0.2, 0) is 0 Å². The first-order valence-corrected chi connectivity index (χ1v) is 8.13. The van der Waals surface area contributed by atoms with Crippen molar-refractivity contribution in [2.45, 2.75) is 0 Å². The number of benzene rings is 2. The number of nitrogens with two attached hydrogens (primary N) is 1. The van der Waals surface area contributed by atoms with Gasteiger partial charge in [0.05, 0.1) is 0 Å². The van der Waals surface area contributed by atoms with Gasteiger partial charge in [0.1, 0.15) is 0 Å². The van der Waals surface area contributed by atoms with E-state index in [2.05, 4.69) is 33.0 Å². The summed E-state index contributed by atoms with van der Waals surface area (Å²) in [5, 5.41) is 0.586. The Morgan fingerprint density at radius 1 is 1.17 bits per heavy atom. The number of aromatic nitrogens is 1. The van der Waals surface area contributed by atoms with Crippen molar-refractivity contribution in [1.29, 1.82) is 0 Å². The van der Waals surface area contributed by atoms with Crippen molar-refractivity contribution in [1.82, 2.24) is 4.98 Å². The molecule has 0 aliphatic rings. The van der Waals surface area contributed by atoms with Crippen LogP contribution in [0.25, 0.3) is 19.9 Å². The zero-order valence-corrected chi connectivity index (χ0v) is 13.2. The van der Waals surface area contributed by atoms with Gasteiger partial charge in [0.25, 0.3) is 0 Å². The molecule has 2 N–H and O–H groups in total. The second-order valence-corrected chi connectivity index (χ2v) is 7.35. The number of halogens is 2. The third kappa shape index (κ3) is 2.21. The van der Waals surface area contributed by atoms with E-state index in [4.69, 9.17) is 17.3 Å². The molecule has 3 rings (SSSR count). The summed E-state index contributed by atoms with van der Waals surface area (Å²) < 4.78 is 3.45. The molecule has 0 unspecified atom stereocenters. The van der Waals surface area contributed by atoms with Gasteiger partial charge in [-0.2, -0.15) is 0 Å². The summed E-state index contributed by atoms with van der Waals surface area (Å²) in [6.45, 7) is 0. The van der Waals surface area contributed by atoms with Crippen LogP contribution in [0.4, 0.5) is 5.69 Å². The maximum atomic E-state index is 6.05. The van der Waals surface area contributed by atoms with E-state index in [-0.39, 0.29) is 14.5 Å². The van der Waals surface area contributed by atoms with E-state index in [1.165, 1.54) is 4.26 Å². The average Bonchev–Trinajstić information content (AvgIpc) is 2.75. The molecule has 1 heterocycles. The van der Waals surface area contributed by atoms with E-state index in [9.17, 15) is 0 Å². The van der Waals surface area contributed by atoms with E-state index in [0.29, 0.717) is 10.7 Å². The number of fused-ring (bicyclic) bond motifs is 1. The van der Waals surface area contributed by atoms with Gasteiger partial charge in [-0.3, -0.25) is 0 Å². The maximum absolute atomic E-state index is 6.05. The van der Waals surface area contributed by atoms with Gasteiger partial charge in [0, 0.05) is 0 Å². The van der Waals surface area contributed by atoms with Crippen molar-refractivity contribution in [3.05, 3.63) is 45.9 Å². The molecule has 0 spiro atoms. The summed E-state index contributed by atoms with van der Waals surface area (Å²) in [7, 11) is 0. The van der Waals surface area contributed by atoms with E-state index in [1.807, 2.05) is 24.3 Å². The first kappa shape index (κ1) is 12.2. The van der Waals surface area contributed by atoms with Crippen molar-refractivity contribution < 1.29 is 0 Å². The predicted molar refractivity (Wildman–Crippen MR) is 81.2 cm³/mol. The molecule has 1 aromatic heterocycles. The Labute approximate surface area is 124 Å². The number of hydrogen-bond acceptors (Lipinski definition) is 2. The molecule has 0 aliphatic carbocycles. The first-order valence-electron chi connectivity index (χ1n) is 5.25. The van der Waals surface area contributed by atoms with E-state index >= 15 is 0 Å². The number of rotatable bonds is 1. The third-order valence-corrected chi connectivity index (χ3v) is 5.69. The van der Waals surface area contributed by atoms with E-state index < -0.39 is 0 Å². The van der Waals surface area contributed by atoms with Gasteiger partial charge in [-0.05, 0) is 0 Å². The predicted octanol–water partition coefficient (Wildman–Crippen LogP) is 3.96. The normalized spacial score (nSPS) is 11.0. The molecule has 0 radical (unpaired) electrons. The van der Waals surface area contributed by atoms with Crippen LogP contribution >= 0.6 is 27.5 Å². The molecule has 5 heteroatoms. The van der Waals surface area contributed by atoms with Crippen LogP contribution in [0.15, 0.2) is 40.9 Å². The van der Waals surface area contributed by atoms with E-state index in [0.717, 1.165) is 20.1 Å². The summed E-state index contributed by atoms with van der Waals surface area (Å²) in [6, 6.07) is 11.9. The van der Waals surface area contributed by atoms with E-state index in [1.54, 1.807) is 0 Å². The van der Waals surface area contributed by atoms with Crippen LogP contribution < -0.4 is 5.73 Å². The fourth-order valence-corrected chi connectivity index (χ4v) is 4.19. The minimum absolute atomic E-state index is 0.232. The SMILES string of the molecule is Nc1ccc(-c2nc3cc(Br)ccc3[se]2)cc1Cl. The Bertz CT molecular complexity index is 739. The summed E-state index contributed by atoms with van der Waals surface area (Å²) in [4.78, 5) is 4.67. The molecule has 0 saturated carbocycles. The van der Waals surface area contributed by atoms with Gasteiger partial charge in [-0.25, -0.2) is 0 Å². The summed E-state index contributed by atoms with van der Waals surface area (Å²) >= 11 is 9.74. The molecule has 2 nitrogen and oxygen atoms in total. The van der Waals surface area contributed by atoms with Crippen molar-refractivity contribution in [3.63, 3.8) is 0 Å². The summed E-state index contributed by atoms with van der Waals surface area (Å²) in [5.41, 5.74) is 8.43. The zero-order valence-electron chi connectivity index (χ0n) is 9.15. The van der Waals surface area contributed by atoms with Crippen molar-refractivity contribution in [2.24, 2.45) is 0 Å². The average molecular weight is 387 g/mol. The number of nitrogen functional groups attached to an aromatic ring is 1. The minimum atomic E-state index is 0.232. The summed E-state index contributed by atoms with van der Waals surface area (Å²) in [5.74, 6) is 0. The summed E-state index contributed by atoms with van der Waals surface area (Å²) in [6.07, 6.45) is 0. The molecule has 0 bridgehead atoms. The Morgan fingerprint density at radius 2 is 2.00 bits per heavy atom. The fourth-order valence-electron chi connectivity index (χ4n) is 1.68. The number of nitrogens with zero attached hydrogens (tertiary/aromatic N) is 1. The van der Waals surface area contributed by atoms with Gasteiger partial charge in [-0.15, -0.1) is 0 Å². The molecule has 0 amide bonds. The van der Waals surface area contributed by atoms with Crippen LogP contribution in [0.5, 0.6) is 0 Å². The first-order chi connectivity index (χ1) is 8.63. The van der Waals surface area contributed by atoms with Crippen molar-refractivity contribution in [2.75, 3.05) is 5.73 Å². The van der Waals surface area contributed by atoms with Gasteiger partial charge < -0.3 is 0 Å². The Kier molecular flexibility index (Phi) is 3.20. The van der Waals surface area contributed by atoms with Crippen LogP contribution in [0.1, 0.15) is 0 Å². The fraction of sp³-hybridized carbons (Fsp3) is 0. The standard InChI is InChI=1S/C13H8BrClN2Se/c14-8-2-4-12-11(6-8)17-13(18-12)7-1-3-10(16)9(15)5-7/h1-6H,16H2. The van der Waals surface area contributed by atoms with Crippen molar-refractivity contribution in [3.8, 4) is 10.1 Å². The second kappa shape index (κ2) is 4.71. The Balaban J connectivity index is 2.16. The molecular formula is C13H8BrClN2Se. The quantitative estimate of drug-likeness (QED) is 0.508. The topological polar surface area (TPSA) is 38.9 Å². The monoisotopic (exact) mass is 386 g/mol. The molecule has 0 saturated heterocycles. The second-order valence-electron chi connectivity index (χ2n) is 3.87. The van der Waals surface area contributed by atoms with Gasteiger partial charge >= 0.3 is 124 Å². The molecule has 0 aliphatic heterocycles. The molecule has 3 aromatic rings. The number of hydrogen-bond donors (Lipinski definition) is 1. The Morgan fingerprint density at radius 3 is 2.78 bits per heavy atom. The van der Waals surface area contributed by atoms with Crippen LogP contribution in [0.2, 0.25) is 5.02 Å².